The summed E-state index contributed by atoms with van der Waals surface area (Å²) in [5.74, 6) is 0.0635. The van der Waals surface area contributed by atoms with Crippen LogP contribution in [0.25, 0.3) is 21.8 Å². The number of carbonyl (C=O) groups excluding carboxylic acids is 3. The van der Waals surface area contributed by atoms with Crippen molar-refractivity contribution in [2.24, 2.45) is 0 Å². The number of likely N-dealkylation sites (tertiary alicyclic amines) is 1. The van der Waals surface area contributed by atoms with Crippen LogP contribution < -0.4 is 10.6 Å². The van der Waals surface area contributed by atoms with Gasteiger partial charge < -0.3 is 20.1 Å². The lowest BCUT2D eigenvalue weighted by Gasteiger charge is -2.24. The number of nitrogens with one attached hydrogen (secondary N) is 2. The molecule has 3 aromatic heterocycles. The topological polar surface area (TPSA) is 133 Å². The van der Waals surface area contributed by atoms with Crippen LogP contribution in [0.2, 0.25) is 0 Å². The molecule has 1 fully saturated rings. The lowest BCUT2D eigenvalue weighted by atomic mass is 10.1. The molecule has 1 aromatic carbocycles. The fourth-order valence-electron chi connectivity index (χ4n) is 6.67. The SMILES string of the molecule is Cc1nn(CCCCCCCCNC(=O)OC(C)(C)C)c2cc(C(=O)Nc3cc4c(cn3)cc([C@H]3CCCN3C)n4C(=O)OC(C)(C)C)ccc12. The Balaban J connectivity index is 1.21. The summed E-state index contributed by atoms with van der Waals surface area (Å²) in [6.07, 6.45) is 9.10. The van der Waals surface area contributed by atoms with E-state index in [4.69, 9.17) is 14.6 Å². The molecular weight excluding hydrogens is 646 g/mol. The highest BCUT2D eigenvalue weighted by Gasteiger charge is 2.31. The van der Waals surface area contributed by atoms with Gasteiger partial charge in [0.25, 0.3) is 5.91 Å². The molecule has 0 unspecified atom stereocenters. The zero-order valence-electron chi connectivity index (χ0n) is 31.6. The second-order valence-corrected chi connectivity index (χ2v) is 15.7. The van der Waals surface area contributed by atoms with Crippen molar-refractivity contribution in [3.8, 4) is 0 Å². The summed E-state index contributed by atoms with van der Waals surface area (Å²) in [4.78, 5) is 45.7. The monoisotopic (exact) mass is 701 g/mol. The first kappa shape index (κ1) is 37.8. The van der Waals surface area contributed by atoms with Gasteiger partial charge in [-0.05, 0) is 106 Å². The Morgan fingerprint density at radius 1 is 0.902 bits per heavy atom. The fraction of sp³-hybridized carbons (Fsp3) is 0.564. The predicted octanol–water partition coefficient (Wildman–Crippen LogP) is 8.36. The molecule has 0 bridgehead atoms. The van der Waals surface area contributed by atoms with Gasteiger partial charge >= 0.3 is 12.2 Å². The van der Waals surface area contributed by atoms with Crippen molar-refractivity contribution >= 4 is 45.7 Å². The molecule has 12 heteroatoms. The average Bonchev–Trinajstić information content (AvgIpc) is 3.72. The fourth-order valence-corrected chi connectivity index (χ4v) is 6.67. The minimum Gasteiger partial charge on any atom is -0.444 e. The quantitative estimate of drug-likeness (QED) is 0.141. The maximum Gasteiger partial charge on any atom is 0.419 e. The van der Waals surface area contributed by atoms with Crippen LogP contribution in [0.3, 0.4) is 0 Å². The lowest BCUT2D eigenvalue weighted by Crippen LogP contribution is -2.32. The van der Waals surface area contributed by atoms with Gasteiger partial charge in [-0.1, -0.05) is 31.7 Å². The second kappa shape index (κ2) is 15.8. The number of anilines is 1. The number of unbranched alkanes of at least 4 members (excludes halogenated alkanes) is 5. The normalized spacial score (nSPS) is 15.4. The predicted molar refractivity (Wildman–Crippen MR) is 200 cm³/mol. The number of hydrogen-bond donors (Lipinski definition) is 2. The van der Waals surface area contributed by atoms with Crippen molar-refractivity contribution in [2.45, 2.75) is 124 Å². The van der Waals surface area contributed by atoms with Crippen molar-refractivity contribution in [1.29, 1.82) is 0 Å². The number of fused-ring (bicyclic) bond motifs is 2. The van der Waals surface area contributed by atoms with Crippen molar-refractivity contribution in [3.63, 3.8) is 0 Å². The molecule has 2 amide bonds. The first-order chi connectivity index (χ1) is 24.1. The highest BCUT2D eigenvalue weighted by molar-refractivity contribution is 6.06. The maximum absolute atomic E-state index is 13.6. The molecule has 0 radical (unpaired) electrons. The largest absolute Gasteiger partial charge is 0.444 e. The number of hydrogen-bond acceptors (Lipinski definition) is 8. The number of aromatic nitrogens is 4. The van der Waals surface area contributed by atoms with Crippen LogP contribution in [-0.4, -0.2) is 73.7 Å². The summed E-state index contributed by atoms with van der Waals surface area (Å²) in [5, 5.41) is 12.4. The molecule has 1 saturated heterocycles. The summed E-state index contributed by atoms with van der Waals surface area (Å²) < 4.78 is 14.7. The first-order valence-corrected chi connectivity index (χ1v) is 18.3. The Kier molecular flexibility index (Phi) is 11.7. The van der Waals surface area contributed by atoms with E-state index in [9.17, 15) is 14.4 Å². The van der Waals surface area contributed by atoms with Crippen LogP contribution in [0.15, 0.2) is 36.5 Å². The molecule has 2 N–H and O–H groups in total. The Morgan fingerprint density at radius 2 is 1.61 bits per heavy atom. The van der Waals surface area contributed by atoms with E-state index in [1.54, 1.807) is 16.8 Å². The number of ether oxygens (including phenoxy) is 2. The van der Waals surface area contributed by atoms with Crippen molar-refractivity contribution in [2.75, 3.05) is 25.5 Å². The molecule has 5 rings (SSSR count). The van der Waals surface area contributed by atoms with E-state index in [0.717, 1.165) is 92.1 Å². The molecule has 4 heterocycles. The van der Waals surface area contributed by atoms with Crippen molar-refractivity contribution < 1.29 is 23.9 Å². The molecule has 0 aliphatic carbocycles. The molecule has 51 heavy (non-hydrogen) atoms. The van der Waals surface area contributed by atoms with E-state index in [1.165, 1.54) is 0 Å². The van der Waals surface area contributed by atoms with Gasteiger partial charge in [-0.3, -0.25) is 14.4 Å². The van der Waals surface area contributed by atoms with E-state index in [0.29, 0.717) is 23.4 Å². The van der Waals surface area contributed by atoms with Crippen LogP contribution in [-0.2, 0) is 16.0 Å². The van der Waals surface area contributed by atoms with Crippen LogP contribution in [0.4, 0.5) is 15.4 Å². The molecule has 1 aliphatic heterocycles. The summed E-state index contributed by atoms with van der Waals surface area (Å²) in [6.45, 7) is 15.5. The summed E-state index contributed by atoms with van der Waals surface area (Å²) in [5.41, 5.74) is 2.71. The smallest absolute Gasteiger partial charge is 0.419 e. The number of rotatable bonds is 12. The van der Waals surface area contributed by atoms with Gasteiger partial charge in [0.05, 0.1) is 22.8 Å². The van der Waals surface area contributed by atoms with Gasteiger partial charge in [0.15, 0.2) is 0 Å². The van der Waals surface area contributed by atoms with Gasteiger partial charge in [0.2, 0.25) is 0 Å². The Labute approximate surface area is 301 Å². The molecule has 1 aliphatic rings. The van der Waals surface area contributed by atoms with Crippen LogP contribution >= 0.6 is 0 Å². The van der Waals surface area contributed by atoms with Crippen LogP contribution in [0.5, 0.6) is 0 Å². The van der Waals surface area contributed by atoms with E-state index >= 15 is 0 Å². The molecular formula is C39H55N7O5. The maximum atomic E-state index is 13.6. The van der Waals surface area contributed by atoms with Crippen molar-refractivity contribution in [1.82, 2.24) is 29.5 Å². The molecule has 0 spiro atoms. The highest BCUT2D eigenvalue weighted by atomic mass is 16.6. The third-order valence-electron chi connectivity index (χ3n) is 9.06. The standard InChI is InChI=1S/C39H55N7O5/c1-26-29-18-17-27(22-32(29)45(43-26)21-14-12-10-9-11-13-19-40-36(48)50-38(2,3)4)35(47)42-34-24-31-28(25-41-34)23-33(30-16-15-20-44(30)8)46(31)37(49)51-39(5,6)7/h17-18,22-25,30H,9-16,19-21H2,1-8H3,(H,40,48)(H,41,42,47)/t30-/m1/s1. The Bertz CT molecular complexity index is 1860. The van der Waals surface area contributed by atoms with Crippen molar-refractivity contribution in [3.05, 3.63) is 53.5 Å². The van der Waals surface area contributed by atoms with Crippen LogP contribution in [0, 0.1) is 6.92 Å². The minimum absolute atomic E-state index is 0.0859. The number of nitrogens with zero attached hydrogens (tertiary/aromatic N) is 5. The van der Waals surface area contributed by atoms with Gasteiger partial charge in [0, 0.05) is 47.4 Å². The molecule has 276 valence electrons. The third-order valence-corrected chi connectivity index (χ3v) is 9.06. The van der Waals surface area contributed by atoms with Gasteiger partial charge in [0.1, 0.15) is 17.0 Å². The summed E-state index contributed by atoms with van der Waals surface area (Å²) in [6, 6.07) is 9.49. The molecule has 4 aromatic rings. The Morgan fingerprint density at radius 3 is 2.29 bits per heavy atom. The van der Waals surface area contributed by atoms with E-state index in [2.05, 4.69) is 27.6 Å². The number of benzene rings is 1. The van der Waals surface area contributed by atoms with Gasteiger partial charge in [-0.25, -0.2) is 19.1 Å². The first-order valence-electron chi connectivity index (χ1n) is 18.3. The Hall–Kier alpha value is -4.45. The highest BCUT2D eigenvalue weighted by Crippen LogP contribution is 2.35. The minimum atomic E-state index is -0.663. The summed E-state index contributed by atoms with van der Waals surface area (Å²) in [7, 11) is 2.07. The van der Waals surface area contributed by atoms with E-state index < -0.39 is 17.3 Å². The van der Waals surface area contributed by atoms with Gasteiger partial charge in [-0.2, -0.15) is 5.10 Å². The van der Waals surface area contributed by atoms with Crippen LogP contribution in [0.1, 0.15) is 121 Å². The zero-order chi connectivity index (χ0) is 36.9. The molecule has 1 atom stereocenters. The molecule has 12 nitrogen and oxygen atoms in total. The van der Waals surface area contributed by atoms with E-state index in [1.807, 2.05) is 77.4 Å². The average molecular weight is 702 g/mol. The second-order valence-electron chi connectivity index (χ2n) is 15.7. The third kappa shape index (κ3) is 9.87. The molecule has 0 saturated carbocycles. The lowest BCUT2D eigenvalue weighted by molar-refractivity contribution is 0.0518. The zero-order valence-corrected chi connectivity index (χ0v) is 31.6. The summed E-state index contributed by atoms with van der Waals surface area (Å²) >= 11 is 0. The van der Waals surface area contributed by atoms with Gasteiger partial charge in [-0.15, -0.1) is 0 Å². The number of amides is 2. The number of pyridine rings is 1. The number of aryl methyl sites for hydroxylation is 2. The number of carbonyl (C=O) groups is 3. The van der Waals surface area contributed by atoms with E-state index in [-0.39, 0.29) is 18.0 Å². The number of alkyl carbamates (subject to hydrolysis) is 1.